The summed E-state index contributed by atoms with van der Waals surface area (Å²) in [5, 5.41) is 11.5. The number of ether oxygens (including phenoxy) is 2. The number of nitrogens with zero attached hydrogens (tertiary/aromatic N) is 3. The third kappa shape index (κ3) is 5.72. The minimum atomic E-state index is -3.58. The van der Waals surface area contributed by atoms with E-state index >= 15 is 0 Å². The lowest BCUT2D eigenvalue weighted by molar-refractivity contribution is -0.146. The zero-order chi connectivity index (χ0) is 24.1. The summed E-state index contributed by atoms with van der Waals surface area (Å²) in [6.45, 7) is 5.55. The molecule has 0 saturated carbocycles. The van der Waals surface area contributed by atoms with Crippen LogP contribution < -0.4 is 4.90 Å². The van der Waals surface area contributed by atoms with E-state index in [1.807, 2.05) is 12.1 Å². The van der Waals surface area contributed by atoms with Gasteiger partial charge in [-0.1, -0.05) is 6.07 Å². The van der Waals surface area contributed by atoms with Gasteiger partial charge in [0.25, 0.3) is 10.0 Å². The number of thiophene rings is 1. The first-order valence-electron chi connectivity index (χ1n) is 11.4. The van der Waals surface area contributed by atoms with E-state index in [4.69, 9.17) is 9.47 Å². The van der Waals surface area contributed by atoms with Crippen LogP contribution in [0.25, 0.3) is 0 Å². The molecule has 2 aliphatic rings. The third-order valence-corrected chi connectivity index (χ3v) is 9.46. The maximum Gasteiger partial charge on any atom is 0.307 e. The molecule has 9 nitrogen and oxygen atoms in total. The van der Waals surface area contributed by atoms with E-state index in [2.05, 4.69) is 9.80 Å². The van der Waals surface area contributed by atoms with Crippen LogP contribution in [0.4, 0.5) is 5.69 Å². The number of phenols is 1. The molecule has 0 radical (unpaired) electrons. The Bertz CT molecular complexity index is 1050. The van der Waals surface area contributed by atoms with Gasteiger partial charge in [-0.15, -0.1) is 11.3 Å². The van der Waals surface area contributed by atoms with Crippen molar-refractivity contribution in [1.29, 1.82) is 0 Å². The second kappa shape index (κ2) is 11.0. The van der Waals surface area contributed by atoms with Crippen molar-refractivity contribution in [2.24, 2.45) is 0 Å². The number of morpholine rings is 1. The second-order valence-electron chi connectivity index (χ2n) is 8.39. The van der Waals surface area contributed by atoms with Gasteiger partial charge in [-0.3, -0.25) is 9.69 Å². The van der Waals surface area contributed by atoms with Crippen LogP contribution in [-0.2, 0) is 24.3 Å². The molecule has 0 aliphatic carbocycles. The van der Waals surface area contributed by atoms with E-state index in [-0.39, 0.29) is 30.2 Å². The predicted molar refractivity (Wildman–Crippen MR) is 130 cm³/mol. The highest BCUT2D eigenvalue weighted by Crippen LogP contribution is 2.28. The number of carbonyl (C=O) groups excluding carboxylic acids is 1. The maximum absolute atomic E-state index is 13.2. The van der Waals surface area contributed by atoms with Crippen molar-refractivity contribution < 1.29 is 27.8 Å². The first-order valence-corrected chi connectivity index (χ1v) is 13.8. The number of hydrogen-bond donors (Lipinski definition) is 1. The first kappa shape index (κ1) is 24.9. The summed E-state index contributed by atoms with van der Waals surface area (Å²) < 4.78 is 39.2. The van der Waals surface area contributed by atoms with E-state index in [9.17, 15) is 18.3 Å². The van der Waals surface area contributed by atoms with Crippen LogP contribution in [0.1, 0.15) is 13.3 Å². The molecule has 0 spiro atoms. The molecular formula is C23H31N3O6S2. The molecule has 0 unspecified atom stereocenters. The molecule has 2 aromatic rings. The average molecular weight is 510 g/mol. The number of piperazine rings is 1. The molecule has 34 heavy (non-hydrogen) atoms. The van der Waals surface area contributed by atoms with Crippen LogP contribution in [0.15, 0.2) is 46.0 Å². The van der Waals surface area contributed by atoms with Gasteiger partial charge in [-0.25, -0.2) is 8.42 Å². The number of hydrogen-bond acceptors (Lipinski definition) is 9. The second-order valence-corrected chi connectivity index (χ2v) is 11.5. The van der Waals surface area contributed by atoms with Gasteiger partial charge in [0.05, 0.1) is 32.3 Å². The number of carbonyl (C=O) groups is 1. The topological polar surface area (TPSA) is 99.6 Å². The number of sulfonamides is 1. The van der Waals surface area contributed by atoms with Gasteiger partial charge in [0.2, 0.25) is 0 Å². The van der Waals surface area contributed by atoms with Crippen LogP contribution in [0, 0.1) is 0 Å². The lowest BCUT2D eigenvalue weighted by Gasteiger charge is -2.46. The summed E-state index contributed by atoms with van der Waals surface area (Å²) in [5.74, 6) is -0.0779. The molecule has 186 valence electrons. The highest BCUT2D eigenvalue weighted by molar-refractivity contribution is 7.91. The number of anilines is 1. The van der Waals surface area contributed by atoms with Crippen LogP contribution in [0.2, 0.25) is 0 Å². The van der Waals surface area contributed by atoms with E-state index in [0.717, 1.165) is 5.69 Å². The fourth-order valence-electron chi connectivity index (χ4n) is 4.52. The molecule has 1 aromatic carbocycles. The van der Waals surface area contributed by atoms with Gasteiger partial charge in [-0.2, -0.15) is 4.31 Å². The van der Waals surface area contributed by atoms with Crippen molar-refractivity contribution in [3.05, 3.63) is 41.8 Å². The summed E-state index contributed by atoms with van der Waals surface area (Å²) >= 11 is 1.22. The van der Waals surface area contributed by atoms with Crippen molar-refractivity contribution in [3.63, 3.8) is 0 Å². The van der Waals surface area contributed by atoms with Crippen molar-refractivity contribution in [2.45, 2.75) is 29.6 Å². The molecule has 0 bridgehead atoms. The van der Waals surface area contributed by atoms with Gasteiger partial charge < -0.3 is 19.5 Å². The third-order valence-electron chi connectivity index (χ3n) is 6.22. The lowest BCUT2D eigenvalue weighted by Crippen LogP contribution is -2.60. The lowest BCUT2D eigenvalue weighted by atomic mass is 10.1. The zero-order valence-electron chi connectivity index (χ0n) is 19.2. The zero-order valence-corrected chi connectivity index (χ0v) is 20.8. The monoisotopic (exact) mass is 509 g/mol. The Kier molecular flexibility index (Phi) is 8.10. The Labute approximate surface area is 204 Å². The highest BCUT2D eigenvalue weighted by atomic mass is 32.2. The highest BCUT2D eigenvalue weighted by Gasteiger charge is 2.37. The van der Waals surface area contributed by atoms with Crippen LogP contribution in [0.5, 0.6) is 5.75 Å². The van der Waals surface area contributed by atoms with Crippen LogP contribution >= 0.6 is 11.3 Å². The Morgan fingerprint density at radius 2 is 1.97 bits per heavy atom. The van der Waals surface area contributed by atoms with Crippen molar-refractivity contribution >= 4 is 33.0 Å². The van der Waals surface area contributed by atoms with E-state index in [1.165, 1.54) is 11.3 Å². The quantitative estimate of drug-likeness (QED) is 0.540. The van der Waals surface area contributed by atoms with Gasteiger partial charge in [0.15, 0.2) is 0 Å². The van der Waals surface area contributed by atoms with E-state index < -0.39 is 10.0 Å². The molecule has 2 fully saturated rings. The van der Waals surface area contributed by atoms with Crippen LogP contribution in [-0.4, -0.2) is 93.3 Å². The molecule has 2 aliphatic heterocycles. The first-order chi connectivity index (χ1) is 16.4. The molecule has 2 saturated heterocycles. The summed E-state index contributed by atoms with van der Waals surface area (Å²) in [7, 11) is -3.58. The van der Waals surface area contributed by atoms with Gasteiger partial charge in [0, 0.05) is 44.5 Å². The van der Waals surface area contributed by atoms with Gasteiger partial charge in [0.1, 0.15) is 9.96 Å². The number of esters is 1. The number of rotatable bonds is 8. The molecule has 1 aromatic heterocycles. The predicted octanol–water partition coefficient (Wildman–Crippen LogP) is 1.99. The minimum absolute atomic E-state index is 0.126. The largest absolute Gasteiger partial charge is 0.508 e. The number of benzene rings is 1. The number of aromatic hydroxyl groups is 1. The van der Waals surface area contributed by atoms with Crippen molar-refractivity contribution in [2.75, 3.05) is 57.4 Å². The molecule has 4 rings (SSSR count). The molecular weight excluding hydrogens is 478 g/mol. The van der Waals surface area contributed by atoms with Gasteiger partial charge in [-0.05, 0) is 42.6 Å². The Balaban J connectivity index is 1.56. The van der Waals surface area contributed by atoms with Crippen molar-refractivity contribution in [1.82, 2.24) is 9.21 Å². The Hall–Kier alpha value is -2.18. The van der Waals surface area contributed by atoms with Crippen molar-refractivity contribution in [3.8, 4) is 5.75 Å². The standard InChI is InChI=1S/C23H31N3O6S2/c1-2-32-22(28)14-19-17-31-12-11-24(19)15-20-16-25(34(29,30)23-4-3-13-33-23)9-10-26(20)18-5-7-21(27)8-6-18/h3-8,13,19-20,27H,2,9-12,14-17H2,1H3/t19-,20-/m0/s1. The SMILES string of the molecule is CCOC(=O)C[C@H]1COCCN1C[C@H]1CN(S(=O)(=O)c2cccs2)CCN1c1ccc(O)cc1. The van der Waals surface area contributed by atoms with Crippen LogP contribution in [0.3, 0.4) is 0 Å². The summed E-state index contributed by atoms with van der Waals surface area (Å²) in [6, 6.07) is 10.1. The molecule has 11 heteroatoms. The smallest absolute Gasteiger partial charge is 0.307 e. The molecule has 1 N–H and O–H groups in total. The summed E-state index contributed by atoms with van der Waals surface area (Å²) in [6.07, 6.45) is 0.233. The van der Waals surface area contributed by atoms with E-state index in [1.54, 1.807) is 40.9 Å². The Morgan fingerprint density at radius 1 is 1.18 bits per heavy atom. The average Bonchev–Trinajstić information content (AvgIpc) is 3.37. The molecule has 3 heterocycles. The number of phenolic OH excluding ortho intramolecular Hbond substituents is 1. The molecule has 0 amide bonds. The normalized spacial score (nSPS) is 22.6. The minimum Gasteiger partial charge on any atom is -0.508 e. The maximum atomic E-state index is 13.2. The fraction of sp³-hybridized carbons (Fsp3) is 0.522. The fourth-order valence-corrected chi connectivity index (χ4v) is 7.14. The summed E-state index contributed by atoms with van der Waals surface area (Å²) in [4.78, 5) is 16.6. The van der Waals surface area contributed by atoms with E-state index in [0.29, 0.717) is 56.8 Å². The summed E-state index contributed by atoms with van der Waals surface area (Å²) in [5.41, 5.74) is 0.922. The Morgan fingerprint density at radius 3 is 2.68 bits per heavy atom. The van der Waals surface area contributed by atoms with Gasteiger partial charge >= 0.3 is 5.97 Å². The molecule has 2 atom stereocenters.